The molecule has 0 aliphatic carbocycles. The van der Waals surface area contributed by atoms with Gasteiger partial charge in [-0.1, -0.05) is 60.7 Å². The molecule has 2 fully saturated rings. The van der Waals surface area contributed by atoms with Gasteiger partial charge in [0.05, 0.1) is 32.3 Å². The maximum atomic E-state index is 15.3. The van der Waals surface area contributed by atoms with E-state index in [2.05, 4.69) is 5.32 Å². The highest BCUT2D eigenvalue weighted by molar-refractivity contribution is 5.85. The summed E-state index contributed by atoms with van der Waals surface area (Å²) in [7, 11) is 0. The number of amides is 2. The summed E-state index contributed by atoms with van der Waals surface area (Å²) in [5.41, 5.74) is 5.49. The van der Waals surface area contributed by atoms with Crippen molar-refractivity contribution in [3.63, 3.8) is 0 Å². The molecule has 4 atom stereocenters. The molecule has 2 aliphatic rings. The molecule has 2 amide bonds. The van der Waals surface area contributed by atoms with Crippen molar-refractivity contribution in [3.05, 3.63) is 71.8 Å². The normalized spacial score (nSPS) is 24.2. The van der Waals surface area contributed by atoms with Gasteiger partial charge in [-0.25, -0.2) is 14.1 Å². The Kier molecular flexibility index (Phi) is 6.69. The number of nitrogens with two attached hydrogens (primary N) is 1. The van der Waals surface area contributed by atoms with Crippen molar-refractivity contribution in [3.8, 4) is 0 Å². The molecule has 2 heterocycles. The number of hydrogen-bond donors (Lipinski definition) is 2. The number of rotatable bonds is 8. The first kappa shape index (κ1) is 22.2. The lowest BCUT2D eigenvalue weighted by Crippen LogP contribution is -2.69. The summed E-state index contributed by atoms with van der Waals surface area (Å²) in [4.78, 5) is 26.4. The third-order valence-electron chi connectivity index (χ3n) is 5.81. The van der Waals surface area contributed by atoms with Crippen molar-refractivity contribution >= 4 is 12.0 Å². The number of ether oxygens (including phenoxy) is 3. The number of hydrogen-bond acceptors (Lipinski definition) is 6. The number of carbonyl (C=O) groups excluding carboxylic acids is 2. The van der Waals surface area contributed by atoms with Gasteiger partial charge in [0.2, 0.25) is 5.72 Å². The standard InChI is InChI=1S/C23H26FN3O5/c24-19-15-30-12-11-27(19)23(21(25)28,31-14-16-7-3-1-4-8-16)20(17-9-5-2-6-10-17)18-13-26-22(29)32-18/h1-10,18-20H,11-15H2,(H2,25,28)(H,26,29). The fourth-order valence-electron chi connectivity index (χ4n) is 4.38. The van der Waals surface area contributed by atoms with Crippen molar-refractivity contribution in [2.45, 2.75) is 30.6 Å². The van der Waals surface area contributed by atoms with Gasteiger partial charge in [-0.3, -0.25) is 4.79 Å². The van der Waals surface area contributed by atoms with Crippen LogP contribution in [-0.2, 0) is 25.6 Å². The van der Waals surface area contributed by atoms with E-state index in [1.54, 1.807) is 24.3 Å². The molecule has 0 spiro atoms. The van der Waals surface area contributed by atoms with E-state index in [1.165, 1.54) is 4.90 Å². The summed E-state index contributed by atoms with van der Waals surface area (Å²) >= 11 is 0. The molecular formula is C23H26FN3O5. The Labute approximate surface area is 185 Å². The number of nitrogens with one attached hydrogen (secondary N) is 1. The molecule has 2 aliphatic heterocycles. The minimum absolute atomic E-state index is 0.00524. The molecule has 0 radical (unpaired) electrons. The molecule has 9 heteroatoms. The highest BCUT2D eigenvalue weighted by atomic mass is 19.1. The van der Waals surface area contributed by atoms with Crippen LogP contribution >= 0.6 is 0 Å². The van der Waals surface area contributed by atoms with Crippen LogP contribution in [0.15, 0.2) is 60.7 Å². The predicted octanol–water partition coefficient (Wildman–Crippen LogP) is 1.90. The molecule has 170 valence electrons. The van der Waals surface area contributed by atoms with Gasteiger partial charge >= 0.3 is 6.09 Å². The highest BCUT2D eigenvalue weighted by Gasteiger charge is 2.58. The molecule has 4 unspecified atom stereocenters. The van der Waals surface area contributed by atoms with Crippen molar-refractivity contribution in [2.24, 2.45) is 5.73 Å². The zero-order chi connectivity index (χ0) is 22.6. The van der Waals surface area contributed by atoms with Crippen molar-refractivity contribution < 1.29 is 28.2 Å². The summed E-state index contributed by atoms with van der Waals surface area (Å²) < 4.78 is 32.3. The highest BCUT2D eigenvalue weighted by Crippen LogP contribution is 2.42. The van der Waals surface area contributed by atoms with Gasteiger partial charge in [0.25, 0.3) is 5.91 Å². The molecule has 3 N–H and O–H groups in total. The SMILES string of the molecule is NC(=O)C(OCc1ccccc1)(C(c1ccccc1)C1CNC(=O)O1)N1CCOCC1F. The number of morpholine rings is 1. The van der Waals surface area contributed by atoms with E-state index >= 15 is 4.39 Å². The lowest BCUT2D eigenvalue weighted by molar-refractivity contribution is -0.237. The van der Waals surface area contributed by atoms with E-state index < -0.39 is 36.0 Å². The van der Waals surface area contributed by atoms with Crippen LogP contribution in [0.3, 0.4) is 0 Å². The summed E-state index contributed by atoms with van der Waals surface area (Å²) in [6, 6.07) is 18.2. The van der Waals surface area contributed by atoms with E-state index in [1.807, 2.05) is 36.4 Å². The van der Waals surface area contributed by atoms with Crippen molar-refractivity contribution in [1.82, 2.24) is 10.2 Å². The number of halogens is 1. The zero-order valence-electron chi connectivity index (χ0n) is 17.5. The first-order valence-electron chi connectivity index (χ1n) is 10.5. The van der Waals surface area contributed by atoms with Gasteiger partial charge in [0.1, 0.15) is 6.10 Å². The molecule has 2 saturated heterocycles. The Morgan fingerprint density at radius 2 is 1.91 bits per heavy atom. The Bertz CT molecular complexity index is 932. The molecular weight excluding hydrogens is 417 g/mol. The summed E-state index contributed by atoms with van der Waals surface area (Å²) in [6.07, 6.45) is -3.05. The molecule has 2 aromatic carbocycles. The van der Waals surface area contributed by atoms with E-state index in [9.17, 15) is 9.59 Å². The largest absolute Gasteiger partial charge is 0.444 e. The second-order valence-corrected chi connectivity index (χ2v) is 7.75. The van der Waals surface area contributed by atoms with E-state index in [-0.39, 0.29) is 32.9 Å². The van der Waals surface area contributed by atoms with Crippen LogP contribution in [0.5, 0.6) is 0 Å². The molecule has 0 bridgehead atoms. The molecule has 0 aromatic heterocycles. The van der Waals surface area contributed by atoms with E-state index in [4.69, 9.17) is 19.9 Å². The summed E-state index contributed by atoms with van der Waals surface area (Å²) in [5, 5.41) is 2.61. The molecule has 8 nitrogen and oxygen atoms in total. The second kappa shape index (κ2) is 9.64. The number of cyclic esters (lactones) is 1. The number of benzene rings is 2. The topological polar surface area (TPSA) is 103 Å². The molecule has 0 saturated carbocycles. The predicted molar refractivity (Wildman–Crippen MR) is 113 cm³/mol. The second-order valence-electron chi connectivity index (χ2n) is 7.75. The van der Waals surface area contributed by atoms with Crippen molar-refractivity contribution in [2.75, 3.05) is 26.3 Å². The van der Waals surface area contributed by atoms with Gasteiger partial charge in [-0.2, -0.15) is 0 Å². The molecule has 2 aromatic rings. The molecule has 32 heavy (non-hydrogen) atoms. The Balaban J connectivity index is 1.83. The van der Waals surface area contributed by atoms with Crippen LogP contribution in [0.4, 0.5) is 9.18 Å². The monoisotopic (exact) mass is 443 g/mol. The van der Waals surface area contributed by atoms with Crippen LogP contribution in [0.25, 0.3) is 0 Å². The Morgan fingerprint density at radius 3 is 2.50 bits per heavy atom. The third kappa shape index (κ3) is 4.32. The van der Waals surface area contributed by atoms with Gasteiger partial charge < -0.3 is 25.3 Å². The van der Waals surface area contributed by atoms with Gasteiger partial charge in [0, 0.05) is 6.54 Å². The average molecular weight is 443 g/mol. The molecule has 4 rings (SSSR count). The van der Waals surface area contributed by atoms with Crippen molar-refractivity contribution in [1.29, 1.82) is 0 Å². The van der Waals surface area contributed by atoms with Gasteiger partial charge in [-0.15, -0.1) is 0 Å². The number of primary amides is 1. The third-order valence-corrected chi connectivity index (χ3v) is 5.81. The van der Waals surface area contributed by atoms with Crippen LogP contribution in [0.1, 0.15) is 17.0 Å². The lowest BCUT2D eigenvalue weighted by Gasteiger charge is -2.49. The number of nitrogens with zero attached hydrogens (tertiary/aromatic N) is 1. The summed E-state index contributed by atoms with van der Waals surface area (Å²) in [5.74, 6) is -1.75. The van der Waals surface area contributed by atoms with Crippen LogP contribution in [0.2, 0.25) is 0 Å². The van der Waals surface area contributed by atoms with Crippen LogP contribution in [-0.4, -0.2) is 61.3 Å². The summed E-state index contributed by atoms with van der Waals surface area (Å²) in [6.45, 7) is 0.188. The first-order chi connectivity index (χ1) is 15.5. The Hall–Kier alpha value is -3.01. The first-order valence-corrected chi connectivity index (χ1v) is 10.5. The van der Waals surface area contributed by atoms with E-state index in [0.717, 1.165) is 5.56 Å². The maximum absolute atomic E-state index is 15.3. The average Bonchev–Trinajstić information content (AvgIpc) is 3.23. The number of alkyl halides is 1. The minimum atomic E-state index is -1.93. The fraction of sp³-hybridized carbons (Fsp3) is 0.391. The quantitative estimate of drug-likeness (QED) is 0.604. The minimum Gasteiger partial charge on any atom is -0.444 e. The van der Waals surface area contributed by atoms with Gasteiger partial charge in [0.15, 0.2) is 6.30 Å². The number of alkyl carbamates (subject to hydrolysis) is 1. The fourth-order valence-corrected chi connectivity index (χ4v) is 4.38. The maximum Gasteiger partial charge on any atom is 0.407 e. The van der Waals surface area contributed by atoms with Crippen LogP contribution in [0, 0.1) is 0 Å². The smallest absolute Gasteiger partial charge is 0.407 e. The lowest BCUT2D eigenvalue weighted by atomic mass is 9.81. The number of carbonyl (C=O) groups is 2. The Morgan fingerprint density at radius 1 is 1.22 bits per heavy atom. The van der Waals surface area contributed by atoms with Gasteiger partial charge in [-0.05, 0) is 11.1 Å². The zero-order valence-corrected chi connectivity index (χ0v) is 17.5. The van der Waals surface area contributed by atoms with E-state index in [0.29, 0.717) is 5.56 Å². The van der Waals surface area contributed by atoms with Crippen LogP contribution < -0.4 is 11.1 Å².